The van der Waals surface area contributed by atoms with Gasteiger partial charge in [-0.3, -0.25) is 4.79 Å². The quantitative estimate of drug-likeness (QED) is 0.821. The summed E-state index contributed by atoms with van der Waals surface area (Å²) in [6.45, 7) is 1.77. The van der Waals surface area contributed by atoms with Gasteiger partial charge in [0, 0.05) is 6.04 Å². The number of aliphatic hydroxyl groups excluding tert-OH is 1. The lowest BCUT2D eigenvalue weighted by Crippen LogP contribution is -2.36. The first-order valence-corrected chi connectivity index (χ1v) is 6.20. The first-order valence-electron chi connectivity index (χ1n) is 6.20. The number of nitrogens with one attached hydrogen (secondary N) is 1. The van der Waals surface area contributed by atoms with Crippen molar-refractivity contribution in [2.75, 3.05) is 6.61 Å². The molecule has 1 aliphatic rings. The van der Waals surface area contributed by atoms with Crippen LogP contribution in [-0.2, 0) is 24.1 Å². The van der Waals surface area contributed by atoms with Crippen LogP contribution in [0.4, 0.5) is 0 Å². The number of hydrogen-bond donors (Lipinski definition) is 2. The van der Waals surface area contributed by atoms with Gasteiger partial charge in [0.05, 0.1) is 13.0 Å². The number of benzene rings is 1. The van der Waals surface area contributed by atoms with Crippen molar-refractivity contribution in [1.29, 1.82) is 0 Å². The van der Waals surface area contributed by atoms with E-state index in [-0.39, 0.29) is 18.6 Å². The summed E-state index contributed by atoms with van der Waals surface area (Å²) in [6, 6.07) is 6.15. The van der Waals surface area contributed by atoms with Crippen LogP contribution in [0.15, 0.2) is 18.2 Å². The molecule has 1 aromatic carbocycles. The van der Waals surface area contributed by atoms with Crippen molar-refractivity contribution >= 4 is 5.91 Å². The second-order valence-corrected chi connectivity index (χ2v) is 4.78. The van der Waals surface area contributed by atoms with Crippen molar-refractivity contribution in [3.05, 3.63) is 34.9 Å². The number of rotatable bonds is 4. The molecule has 1 unspecified atom stereocenters. The Morgan fingerprint density at radius 2 is 2.18 bits per heavy atom. The maximum absolute atomic E-state index is 11.7. The number of fused-ring (bicyclic) bond motifs is 1. The fourth-order valence-electron chi connectivity index (χ4n) is 2.29. The number of aliphatic hydroxyl groups is 1. The molecule has 0 bridgehead atoms. The highest BCUT2D eigenvalue weighted by Gasteiger charge is 2.12. The van der Waals surface area contributed by atoms with E-state index in [2.05, 4.69) is 17.4 Å². The average Bonchev–Trinajstić information content (AvgIpc) is 2.75. The minimum atomic E-state index is -0.170. The molecule has 0 fully saturated rings. The van der Waals surface area contributed by atoms with E-state index in [0.717, 1.165) is 12.0 Å². The molecule has 1 aromatic rings. The van der Waals surface area contributed by atoms with Gasteiger partial charge in [-0.25, -0.2) is 0 Å². The Morgan fingerprint density at radius 3 is 2.94 bits per heavy atom. The minimum absolute atomic E-state index is 0.0179. The van der Waals surface area contributed by atoms with Crippen molar-refractivity contribution in [3.8, 4) is 0 Å². The molecule has 0 radical (unpaired) electrons. The standard InChI is InChI=1S/C14H19NO2/c1-10(9-16)15-14(17)8-11-5-6-12-3-2-4-13(12)7-11/h5-7,10,16H,2-4,8-9H2,1H3,(H,15,17). The minimum Gasteiger partial charge on any atom is -0.394 e. The van der Waals surface area contributed by atoms with Crippen LogP contribution in [0.1, 0.15) is 30.0 Å². The molecule has 0 aliphatic heterocycles. The van der Waals surface area contributed by atoms with Gasteiger partial charge >= 0.3 is 0 Å². The van der Waals surface area contributed by atoms with E-state index < -0.39 is 0 Å². The second-order valence-electron chi connectivity index (χ2n) is 4.78. The van der Waals surface area contributed by atoms with Gasteiger partial charge in [-0.2, -0.15) is 0 Å². The Hall–Kier alpha value is -1.35. The third kappa shape index (κ3) is 3.07. The molecule has 0 spiro atoms. The van der Waals surface area contributed by atoms with E-state index >= 15 is 0 Å². The normalized spacial score (nSPS) is 15.4. The first-order chi connectivity index (χ1) is 8.19. The number of hydrogen-bond acceptors (Lipinski definition) is 2. The second kappa shape index (κ2) is 5.32. The Bertz CT molecular complexity index is 415. The van der Waals surface area contributed by atoms with Gasteiger partial charge < -0.3 is 10.4 Å². The molecule has 0 saturated carbocycles. The fraction of sp³-hybridized carbons (Fsp3) is 0.500. The predicted molar refractivity (Wildman–Crippen MR) is 66.9 cm³/mol. The molecule has 3 heteroatoms. The van der Waals surface area contributed by atoms with Crippen molar-refractivity contribution in [2.45, 2.75) is 38.6 Å². The molecule has 2 N–H and O–H groups in total. The smallest absolute Gasteiger partial charge is 0.224 e. The number of amides is 1. The highest BCUT2D eigenvalue weighted by atomic mass is 16.3. The van der Waals surface area contributed by atoms with Crippen LogP contribution in [0.3, 0.4) is 0 Å². The van der Waals surface area contributed by atoms with Crippen LogP contribution in [0.25, 0.3) is 0 Å². The summed E-state index contributed by atoms with van der Waals surface area (Å²) in [5.41, 5.74) is 3.89. The van der Waals surface area contributed by atoms with E-state index in [0.29, 0.717) is 6.42 Å². The first kappa shape index (κ1) is 12.1. The molecule has 92 valence electrons. The molecular formula is C14H19NO2. The summed E-state index contributed by atoms with van der Waals surface area (Å²) in [7, 11) is 0. The zero-order chi connectivity index (χ0) is 12.3. The Balaban J connectivity index is 1.97. The lowest BCUT2D eigenvalue weighted by molar-refractivity contribution is -0.121. The highest BCUT2D eigenvalue weighted by molar-refractivity contribution is 5.78. The molecule has 0 aromatic heterocycles. The molecule has 17 heavy (non-hydrogen) atoms. The van der Waals surface area contributed by atoms with Crippen LogP contribution < -0.4 is 5.32 Å². The largest absolute Gasteiger partial charge is 0.394 e. The fourth-order valence-corrected chi connectivity index (χ4v) is 2.29. The van der Waals surface area contributed by atoms with E-state index in [1.54, 1.807) is 6.92 Å². The monoisotopic (exact) mass is 233 g/mol. The van der Waals surface area contributed by atoms with Crippen molar-refractivity contribution in [2.24, 2.45) is 0 Å². The Kier molecular flexibility index (Phi) is 3.79. The Labute approximate surface area is 102 Å². The Morgan fingerprint density at radius 1 is 1.41 bits per heavy atom. The SMILES string of the molecule is CC(CO)NC(=O)Cc1ccc2c(c1)CCC2. The lowest BCUT2D eigenvalue weighted by atomic mass is 10.0. The highest BCUT2D eigenvalue weighted by Crippen LogP contribution is 2.22. The van der Waals surface area contributed by atoms with Crippen LogP contribution in [0, 0.1) is 0 Å². The van der Waals surface area contributed by atoms with E-state index in [1.807, 2.05) is 6.07 Å². The van der Waals surface area contributed by atoms with Crippen LogP contribution in [0.2, 0.25) is 0 Å². The van der Waals surface area contributed by atoms with Crippen LogP contribution >= 0.6 is 0 Å². The van der Waals surface area contributed by atoms with Gasteiger partial charge in [-0.1, -0.05) is 18.2 Å². The maximum atomic E-state index is 11.7. The summed E-state index contributed by atoms with van der Waals surface area (Å²) in [4.78, 5) is 11.7. The number of aryl methyl sites for hydroxylation is 2. The molecule has 0 saturated heterocycles. The van der Waals surface area contributed by atoms with Crippen molar-refractivity contribution < 1.29 is 9.90 Å². The van der Waals surface area contributed by atoms with Gasteiger partial charge in [-0.05, 0) is 42.9 Å². The molecule has 3 nitrogen and oxygen atoms in total. The van der Waals surface area contributed by atoms with E-state index in [1.165, 1.54) is 24.0 Å². The van der Waals surface area contributed by atoms with Gasteiger partial charge in [0.25, 0.3) is 0 Å². The summed E-state index contributed by atoms with van der Waals surface area (Å²) in [5, 5.41) is 11.6. The predicted octanol–water partition coefficient (Wildman–Crippen LogP) is 1.21. The van der Waals surface area contributed by atoms with Gasteiger partial charge in [0.15, 0.2) is 0 Å². The molecule has 0 heterocycles. The number of carbonyl (C=O) groups is 1. The number of carbonyl (C=O) groups excluding carboxylic acids is 1. The zero-order valence-corrected chi connectivity index (χ0v) is 10.2. The van der Waals surface area contributed by atoms with E-state index in [9.17, 15) is 4.79 Å². The van der Waals surface area contributed by atoms with Crippen LogP contribution in [-0.4, -0.2) is 23.7 Å². The third-order valence-electron chi connectivity index (χ3n) is 3.21. The van der Waals surface area contributed by atoms with Gasteiger partial charge in [-0.15, -0.1) is 0 Å². The van der Waals surface area contributed by atoms with Gasteiger partial charge in [0.2, 0.25) is 5.91 Å². The van der Waals surface area contributed by atoms with Gasteiger partial charge in [0.1, 0.15) is 0 Å². The maximum Gasteiger partial charge on any atom is 0.224 e. The summed E-state index contributed by atoms with van der Waals surface area (Å²) in [5.74, 6) is -0.0236. The lowest BCUT2D eigenvalue weighted by Gasteiger charge is -2.11. The molecule has 2 rings (SSSR count). The summed E-state index contributed by atoms with van der Waals surface area (Å²) >= 11 is 0. The van der Waals surface area contributed by atoms with Crippen LogP contribution in [0.5, 0.6) is 0 Å². The molecular weight excluding hydrogens is 214 g/mol. The zero-order valence-electron chi connectivity index (χ0n) is 10.2. The molecule has 1 amide bonds. The molecule has 1 aliphatic carbocycles. The van der Waals surface area contributed by atoms with E-state index in [4.69, 9.17) is 5.11 Å². The van der Waals surface area contributed by atoms with Crippen molar-refractivity contribution in [3.63, 3.8) is 0 Å². The summed E-state index contributed by atoms with van der Waals surface area (Å²) < 4.78 is 0. The topological polar surface area (TPSA) is 49.3 Å². The third-order valence-corrected chi connectivity index (χ3v) is 3.21. The average molecular weight is 233 g/mol. The summed E-state index contributed by atoms with van der Waals surface area (Å²) in [6.07, 6.45) is 3.94. The molecule has 1 atom stereocenters. The van der Waals surface area contributed by atoms with Crippen molar-refractivity contribution in [1.82, 2.24) is 5.32 Å².